The number of amides is 2. The van der Waals surface area contributed by atoms with Crippen molar-refractivity contribution in [3.8, 4) is 0 Å². The molecule has 176 valence electrons. The second-order valence-electron chi connectivity index (χ2n) is 7.69. The number of carbonyl (C=O) groups excluding carboxylic acids is 2. The highest BCUT2D eigenvalue weighted by Crippen LogP contribution is 2.40. The molecule has 0 spiro atoms. The molecule has 3 aromatic rings. The van der Waals surface area contributed by atoms with Crippen LogP contribution in [-0.2, 0) is 22.6 Å². The second-order valence-corrected chi connectivity index (χ2v) is 8.55. The number of fused-ring (bicyclic) bond motifs is 1. The van der Waals surface area contributed by atoms with Crippen LogP contribution in [0.15, 0.2) is 41.8 Å². The van der Waals surface area contributed by atoms with Crippen molar-refractivity contribution in [3.63, 3.8) is 0 Å². The zero-order valence-electron chi connectivity index (χ0n) is 17.6. The highest BCUT2D eigenvalue weighted by atomic mass is 32.1. The summed E-state index contributed by atoms with van der Waals surface area (Å²) in [5.41, 5.74) is 0.376. The fraction of sp³-hybridized carbons (Fsp3) is 0.217. The molecule has 2 N–H and O–H groups in total. The number of aromatic nitrogens is 1. The van der Waals surface area contributed by atoms with Crippen LogP contribution < -0.4 is 5.32 Å². The Morgan fingerprint density at radius 1 is 1.09 bits per heavy atom. The SMILES string of the molecule is O=C(O)Cc1csc(NC(=O)CCC2c3c(F)ccc(F)c3C(=O)N2Cc2ccc(F)cc2)n1. The Bertz CT molecular complexity index is 1260. The van der Waals surface area contributed by atoms with Crippen molar-refractivity contribution in [2.45, 2.75) is 31.8 Å². The summed E-state index contributed by atoms with van der Waals surface area (Å²) in [7, 11) is 0. The van der Waals surface area contributed by atoms with Gasteiger partial charge in [0.15, 0.2) is 5.13 Å². The van der Waals surface area contributed by atoms with Gasteiger partial charge in [-0.05, 0) is 36.2 Å². The summed E-state index contributed by atoms with van der Waals surface area (Å²) >= 11 is 1.06. The first kappa shape index (κ1) is 23.4. The predicted molar refractivity (Wildman–Crippen MR) is 117 cm³/mol. The quantitative estimate of drug-likeness (QED) is 0.492. The lowest BCUT2D eigenvalue weighted by molar-refractivity contribution is -0.136. The molecule has 4 rings (SSSR count). The van der Waals surface area contributed by atoms with E-state index in [4.69, 9.17) is 5.11 Å². The number of aliphatic carboxylic acids is 1. The van der Waals surface area contributed by atoms with Crippen LogP contribution in [0, 0.1) is 17.5 Å². The van der Waals surface area contributed by atoms with Crippen molar-refractivity contribution in [2.24, 2.45) is 0 Å². The second kappa shape index (κ2) is 9.64. The third kappa shape index (κ3) is 4.93. The lowest BCUT2D eigenvalue weighted by atomic mass is 9.99. The summed E-state index contributed by atoms with van der Waals surface area (Å²) in [6.07, 6.45) is -0.420. The molecule has 2 aromatic carbocycles. The molecule has 1 atom stereocenters. The number of carbonyl (C=O) groups is 3. The maximum absolute atomic E-state index is 14.7. The van der Waals surface area contributed by atoms with Gasteiger partial charge in [0.1, 0.15) is 17.5 Å². The molecule has 0 saturated heterocycles. The summed E-state index contributed by atoms with van der Waals surface area (Å²) in [6.45, 7) is -0.0238. The number of halogens is 3. The highest BCUT2D eigenvalue weighted by molar-refractivity contribution is 7.13. The van der Waals surface area contributed by atoms with Gasteiger partial charge in [-0.15, -0.1) is 11.3 Å². The van der Waals surface area contributed by atoms with Crippen LogP contribution in [0.5, 0.6) is 0 Å². The van der Waals surface area contributed by atoms with Crippen LogP contribution >= 0.6 is 11.3 Å². The standard InChI is InChI=1S/C23H18F3N3O4S/c24-13-3-1-12(2-4-13)10-29-17(20-15(25)5-6-16(26)21(20)22(29)33)7-8-18(30)28-23-27-14(11-34-23)9-19(31)32/h1-6,11,17H,7-10H2,(H,31,32)(H,27,28,30). The average Bonchev–Trinajstić information content (AvgIpc) is 3.33. The fourth-order valence-corrected chi connectivity index (χ4v) is 4.60. The molecule has 34 heavy (non-hydrogen) atoms. The zero-order valence-corrected chi connectivity index (χ0v) is 18.4. The van der Waals surface area contributed by atoms with E-state index in [0.717, 1.165) is 23.5 Å². The lowest BCUT2D eigenvalue weighted by Crippen LogP contribution is -2.28. The van der Waals surface area contributed by atoms with E-state index in [1.807, 2.05) is 0 Å². The maximum atomic E-state index is 14.7. The monoisotopic (exact) mass is 489 g/mol. The largest absolute Gasteiger partial charge is 0.481 e. The third-order valence-corrected chi connectivity index (χ3v) is 6.17. The van der Waals surface area contributed by atoms with Crippen LogP contribution in [0.1, 0.15) is 46.1 Å². The maximum Gasteiger partial charge on any atom is 0.309 e. The Hall–Kier alpha value is -3.73. The molecule has 0 saturated carbocycles. The Morgan fingerprint density at radius 2 is 1.79 bits per heavy atom. The first-order valence-electron chi connectivity index (χ1n) is 10.2. The number of carboxylic acid groups (broad SMARTS) is 1. The third-order valence-electron chi connectivity index (χ3n) is 5.37. The van der Waals surface area contributed by atoms with Crippen molar-refractivity contribution < 1.29 is 32.7 Å². The number of rotatable bonds is 8. The van der Waals surface area contributed by atoms with Crippen LogP contribution in [0.3, 0.4) is 0 Å². The molecular weight excluding hydrogens is 471 g/mol. The minimum atomic E-state index is -1.05. The van der Waals surface area contributed by atoms with Gasteiger partial charge in [-0.1, -0.05) is 12.1 Å². The zero-order chi connectivity index (χ0) is 24.4. The van der Waals surface area contributed by atoms with E-state index < -0.39 is 41.3 Å². The molecule has 11 heteroatoms. The Labute approximate surface area is 195 Å². The number of hydrogen-bond donors (Lipinski definition) is 2. The fourth-order valence-electron chi connectivity index (χ4n) is 3.87. The Balaban J connectivity index is 1.52. The van der Waals surface area contributed by atoms with Crippen molar-refractivity contribution in [3.05, 3.63) is 81.6 Å². The number of hydrogen-bond acceptors (Lipinski definition) is 5. The van der Waals surface area contributed by atoms with Gasteiger partial charge >= 0.3 is 5.97 Å². The average molecular weight is 489 g/mol. The molecule has 1 unspecified atom stereocenters. The van der Waals surface area contributed by atoms with E-state index in [2.05, 4.69) is 10.3 Å². The Kier molecular flexibility index (Phi) is 6.64. The van der Waals surface area contributed by atoms with Crippen LogP contribution in [-0.4, -0.2) is 32.8 Å². The van der Waals surface area contributed by atoms with Gasteiger partial charge in [-0.2, -0.15) is 0 Å². The molecule has 1 aliphatic rings. The number of benzene rings is 2. The van der Waals surface area contributed by atoms with E-state index in [-0.39, 0.29) is 42.1 Å². The van der Waals surface area contributed by atoms with Crippen LogP contribution in [0.2, 0.25) is 0 Å². The van der Waals surface area contributed by atoms with Gasteiger partial charge in [0.05, 0.1) is 23.7 Å². The van der Waals surface area contributed by atoms with Crippen LogP contribution in [0.4, 0.5) is 18.3 Å². The summed E-state index contributed by atoms with van der Waals surface area (Å²) in [5.74, 6) is -4.31. The van der Waals surface area contributed by atoms with E-state index in [0.29, 0.717) is 11.3 Å². The van der Waals surface area contributed by atoms with Gasteiger partial charge < -0.3 is 15.3 Å². The molecule has 0 radical (unpaired) electrons. The highest BCUT2D eigenvalue weighted by Gasteiger charge is 2.41. The predicted octanol–water partition coefficient (Wildman–Crippen LogP) is 4.30. The Morgan fingerprint density at radius 3 is 2.50 bits per heavy atom. The molecule has 0 fully saturated rings. The van der Waals surface area contributed by atoms with Gasteiger partial charge in [-0.25, -0.2) is 18.2 Å². The van der Waals surface area contributed by atoms with Gasteiger partial charge in [0.25, 0.3) is 5.91 Å². The molecule has 1 aliphatic heterocycles. The smallest absolute Gasteiger partial charge is 0.309 e. The normalized spacial score (nSPS) is 14.9. The molecule has 2 amide bonds. The number of nitrogens with zero attached hydrogens (tertiary/aromatic N) is 2. The van der Waals surface area contributed by atoms with E-state index in [9.17, 15) is 27.6 Å². The number of carboxylic acids is 1. The van der Waals surface area contributed by atoms with Crippen molar-refractivity contribution in [2.75, 3.05) is 5.32 Å². The molecule has 1 aromatic heterocycles. The molecule has 0 bridgehead atoms. The topological polar surface area (TPSA) is 99.6 Å². The summed E-state index contributed by atoms with van der Waals surface area (Å²) in [6, 6.07) is 6.30. The summed E-state index contributed by atoms with van der Waals surface area (Å²) in [5, 5.41) is 13.1. The first-order chi connectivity index (χ1) is 16.2. The number of nitrogens with one attached hydrogen (secondary N) is 1. The van der Waals surface area contributed by atoms with Gasteiger partial charge in [-0.3, -0.25) is 14.4 Å². The minimum absolute atomic E-state index is 0.000496. The molecule has 7 nitrogen and oxygen atoms in total. The van der Waals surface area contributed by atoms with Gasteiger partial charge in [0, 0.05) is 23.9 Å². The molecular formula is C23H18F3N3O4S. The number of anilines is 1. The van der Waals surface area contributed by atoms with Gasteiger partial charge in [0.2, 0.25) is 5.91 Å². The van der Waals surface area contributed by atoms with Crippen molar-refractivity contribution in [1.29, 1.82) is 0 Å². The van der Waals surface area contributed by atoms with E-state index >= 15 is 0 Å². The summed E-state index contributed by atoms with van der Waals surface area (Å²) < 4.78 is 42.4. The number of thiazole rings is 1. The van der Waals surface area contributed by atoms with E-state index in [1.54, 1.807) is 0 Å². The minimum Gasteiger partial charge on any atom is -0.481 e. The lowest BCUT2D eigenvalue weighted by Gasteiger charge is -2.25. The van der Waals surface area contributed by atoms with Crippen LogP contribution in [0.25, 0.3) is 0 Å². The molecule has 2 heterocycles. The molecule has 0 aliphatic carbocycles. The van der Waals surface area contributed by atoms with Crippen molar-refractivity contribution >= 4 is 34.3 Å². The van der Waals surface area contributed by atoms with Crippen molar-refractivity contribution in [1.82, 2.24) is 9.88 Å². The van der Waals surface area contributed by atoms with E-state index in [1.165, 1.54) is 34.5 Å². The first-order valence-corrected chi connectivity index (χ1v) is 11.1. The summed E-state index contributed by atoms with van der Waals surface area (Å²) in [4.78, 5) is 41.5.